The molecule has 2 N–H and O–H groups in total. The van der Waals surface area contributed by atoms with Crippen LogP contribution in [0.4, 0.5) is 5.69 Å². The number of rotatable bonds is 3. The number of nitrogens with one attached hydrogen (secondary N) is 2. The molecule has 1 aliphatic rings. The lowest BCUT2D eigenvalue weighted by Crippen LogP contribution is -2.34. The van der Waals surface area contributed by atoms with E-state index in [0.29, 0.717) is 11.3 Å². The highest BCUT2D eigenvalue weighted by molar-refractivity contribution is 9.10. The van der Waals surface area contributed by atoms with Crippen LogP contribution in [0.5, 0.6) is 5.75 Å². The van der Waals surface area contributed by atoms with Crippen LogP contribution in [0.1, 0.15) is 21.5 Å². The van der Waals surface area contributed by atoms with E-state index in [1.807, 2.05) is 12.1 Å². The van der Waals surface area contributed by atoms with Gasteiger partial charge >= 0.3 is 0 Å². The van der Waals surface area contributed by atoms with Crippen LogP contribution in [0.25, 0.3) is 11.1 Å². The summed E-state index contributed by atoms with van der Waals surface area (Å²) in [6.07, 6.45) is 0.898. The van der Waals surface area contributed by atoms with Crippen molar-refractivity contribution in [3.8, 4) is 16.9 Å². The lowest BCUT2D eigenvalue weighted by Gasteiger charge is -2.13. The number of anilines is 1. The van der Waals surface area contributed by atoms with Gasteiger partial charge in [-0.3, -0.25) is 10.1 Å². The second-order valence-electron chi connectivity index (χ2n) is 6.46. The molecule has 0 saturated heterocycles. The van der Waals surface area contributed by atoms with Crippen LogP contribution in [-0.4, -0.2) is 18.1 Å². The lowest BCUT2D eigenvalue weighted by molar-refractivity contribution is 0.0974. The molecule has 0 unspecified atom stereocenters. The van der Waals surface area contributed by atoms with E-state index in [9.17, 15) is 4.79 Å². The smallest absolute Gasteiger partial charge is 0.261 e. The first kappa shape index (κ1) is 18.7. The van der Waals surface area contributed by atoms with Crippen molar-refractivity contribution < 1.29 is 9.53 Å². The molecule has 0 aromatic heterocycles. The summed E-state index contributed by atoms with van der Waals surface area (Å²) in [6, 6.07) is 19.8. The van der Waals surface area contributed by atoms with Gasteiger partial charge in [0.2, 0.25) is 0 Å². The van der Waals surface area contributed by atoms with Crippen molar-refractivity contribution in [3.63, 3.8) is 0 Å². The summed E-state index contributed by atoms with van der Waals surface area (Å²) < 4.78 is 6.04. The molecule has 0 fully saturated rings. The number of hydrogen-bond donors (Lipinski definition) is 2. The highest BCUT2D eigenvalue weighted by Gasteiger charge is 2.18. The third-order valence-electron chi connectivity index (χ3n) is 4.68. The second kappa shape index (κ2) is 7.73. The van der Waals surface area contributed by atoms with Crippen molar-refractivity contribution in [1.82, 2.24) is 5.32 Å². The van der Waals surface area contributed by atoms with Gasteiger partial charge in [0.1, 0.15) is 5.75 Å². The molecule has 0 bridgehead atoms. The molecule has 6 heteroatoms. The summed E-state index contributed by atoms with van der Waals surface area (Å²) in [5, 5.41) is 6.05. The molecule has 4 nitrogen and oxygen atoms in total. The van der Waals surface area contributed by atoms with E-state index in [-0.39, 0.29) is 11.0 Å². The summed E-state index contributed by atoms with van der Waals surface area (Å²) in [5.74, 6) is 0.156. The van der Waals surface area contributed by atoms with Crippen LogP contribution in [-0.2, 0) is 6.42 Å². The summed E-state index contributed by atoms with van der Waals surface area (Å²) in [5.41, 5.74) is 6.35. The maximum absolute atomic E-state index is 12.6. The van der Waals surface area contributed by atoms with E-state index in [2.05, 4.69) is 63.0 Å². The second-order valence-corrected chi connectivity index (χ2v) is 7.78. The van der Waals surface area contributed by atoms with Crippen molar-refractivity contribution in [3.05, 3.63) is 81.8 Å². The molecular weight excluding hydrogens is 436 g/mol. The Balaban J connectivity index is 1.47. The molecule has 3 aromatic rings. The molecule has 0 radical (unpaired) electrons. The van der Waals surface area contributed by atoms with E-state index in [1.165, 1.54) is 29.4 Å². The maximum Gasteiger partial charge on any atom is 0.261 e. The number of amides is 1. The van der Waals surface area contributed by atoms with E-state index in [1.54, 1.807) is 12.1 Å². The molecule has 28 heavy (non-hydrogen) atoms. The van der Waals surface area contributed by atoms with Gasteiger partial charge in [0.05, 0.1) is 12.7 Å². The standard InChI is InChI=1S/C22H17BrN2O2S/c1-27-20-9-6-15(23)12-19(20)21(26)25-22(28)24-16-7-8-18-14(11-16)10-13-4-2-3-5-17(13)18/h2-9,11-12H,10H2,1H3,(H2,24,25,26,28). The highest BCUT2D eigenvalue weighted by Crippen LogP contribution is 2.37. The van der Waals surface area contributed by atoms with Crippen LogP contribution in [0.3, 0.4) is 0 Å². The van der Waals surface area contributed by atoms with Gasteiger partial charge in [-0.1, -0.05) is 46.3 Å². The van der Waals surface area contributed by atoms with E-state index >= 15 is 0 Å². The Kier molecular flexibility index (Phi) is 5.15. The lowest BCUT2D eigenvalue weighted by atomic mass is 10.1. The van der Waals surface area contributed by atoms with Crippen LogP contribution >= 0.6 is 28.1 Å². The number of thiocarbonyl (C=S) groups is 1. The predicted octanol–water partition coefficient (Wildman–Crippen LogP) is 5.16. The summed E-state index contributed by atoms with van der Waals surface area (Å²) in [6.45, 7) is 0. The Morgan fingerprint density at radius 1 is 1.04 bits per heavy atom. The van der Waals surface area contributed by atoms with E-state index in [0.717, 1.165) is 16.6 Å². The molecule has 0 heterocycles. The fraction of sp³-hybridized carbons (Fsp3) is 0.0909. The highest BCUT2D eigenvalue weighted by atomic mass is 79.9. The molecule has 0 atom stereocenters. The molecule has 0 saturated carbocycles. The predicted molar refractivity (Wildman–Crippen MR) is 119 cm³/mol. The average molecular weight is 453 g/mol. The topological polar surface area (TPSA) is 50.4 Å². The fourth-order valence-electron chi connectivity index (χ4n) is 3.41. The van der Waals surface area contributed by atoms with Crippen molar-refractivity contribution in [1.29, 1.82) is 0 Å². The number of halogens is 1. The molecule has 1 aliphatic carbocycles. The SMILES string of the molecule is COc1ccc(Br)cc1C(=O)NC(=S)Nc1ccc2c(c1)Cc1ccccc1-2. The van der Waals surface area contributed by atoms with E-state index in [4.69, 9.17) is 17.0 Å². The Labute approximate surface area is 177 Å². The quantitative estimate of drug-likeness (QED) is 0.421. The molecule has 3 aromatic carbocycles. The molecule has 140 valence electrons. The third-order valence-corrected chi connectivity index (χ3v) is 5.38. The zero-order valence-electron chi connectivity index (χ0n) is 15.1. The van der Waals surface area contributed by atoms with E-state index < -0.39 is 0 Å². The monoisotopic (exact) mass is 452 g/mol. The van der Waals surface area contributed by atoms with Gasteiger partial charge in [-0.25, -0.2) is 0 Å². The maximum atomic E-state index is 12.6. The van der Waals surface area contributed by atoms with Crippen molar-refractivity contribution in [2.24, 2.45) is 0 Å². The normalized spacial score (nSPS) is 11.4. The van der Waals surface area contributed by atoms with Crippen molar-refractivity contribution >= 4 is 44.9 Å². The van der Waals surface area contributed by atoms with Crippen LogP contribution in [0.15, 0.2) is 65.1 Å². The first-order chi connectivity index (χ1) is 13.5. The van der Waals surface area contributed by atoms with Crippen molar-refractivity contribution in [2.45, 2.75) is 6.42 Å². The van der Waals surface area contributed by atoms with Gasteiger partial charge in [-0.2, -0.15) is 0 Å². The Hall–Kier alpha value is -2.70. The number of benzene rings is 3. The zero-order chi connectivity index (χ0) is 19.7. The zero-order valence-corrected chi connectivity index (χ0v) is 17.5. The summed E-state index contributed by atoms with van der Waals surface area (Å²) >= 11 is 8.70. The van der Waals surface area contributed by atoms with Crippen molar-refractivity contribution in [2.75, 3.05) is 12.4 Å². The number of carbonyl (C=O) groups excluding carboxylic acids is 1. The van der Waals surface area contributed by atoms with Gasteiger partial charge in [0, 0.05) is 10.2 Å². The molecule has 4 rings (SSSR count). The minimum Gasteiger partial charge on any atom is -0.496 e. The number of hydrogen-bond acceptors (Lipinski definition) is 3. The summed E-state index contributed by atoms with van der Waals surface area (Å²) in [4.78, 5) is 12.6. The van der Waals surface area contributed by atoms with Gasteiger partial charge in [-0.05, 0) is 71.2 Å². The first-order valence-electron chi connectivity index (χ1n) is 8.72. The number of methoxy groups -OCH3 is 1. The van der Waals surface area contributed by atoms with Crippen LogP contribution in [0, 0.1) is 0 Å². The molecular formula is C22H17BrN2O2S. The Bertz CT molecular complexity index is 1100. The number of carbonyl (C=O) groups is 1. The van der Waals surface area contributed by atoms with Gasteiger partial charge in [0.25, 0.3) is 5.91 Å². The summed E-state index contributed by atoms with van der Waals surface area (Å²) in [7, 11) is 1.53. The van der Waals surface area contributed by atoms with Crippen LogP contribution < -0.4 is 15.4 Å². The molecule has 1 amide bonds. The third kappa shape index (κ3) is 3.66. The first-order valence-corrected chi connectivity index (χ1v) is 9.92. The van der Waals surface area contributed by atoms with Gasteiger partial charge in [-0.15, -0.1) is 0 Å². The number of fused-ring (bicyclic) bond motifs is 3. The van der Waals surface area contributed by atoms with Gasteiger partial charge in [0.15, 0.2) is 5.11 Å². The fourth-order valence-corrected chi connectivity index (χ4v) is 3.98. The van der Waals surface area contributed by atoms with Crippen LogP contribution in [0.2, 0.25) is 0 Å². The number of ether oxygens (including phenoxy) is 1. The Morgan fingerprint density at radius 2 is 1.82 bits per heavy atom. The Morgan fingerprint density at radius 3 is 2.64 bits per heavy atom. The minimum atomic E-state index is -0.329. The average Bonchev–Trinajstić information content (AvgIpc) is 3.05. The molecule has 0 aliphatic heterocycles. The largest absolute Gasteiger partial charge is 0.496 e. The minimum absolute atomic E-state index is 0.238. The molecule has 0 spiro atoms. The van der Waals surface area contributed by atoms with Gasteiger partial charge < -0.3 is 10.1 Å².